The zero-order valence-corrected chi connectivity index (χ0v) is 23.9. The van der Waals surface area contributed by atoms with Crippen molar-refractivity contribution in [3.05, 3.63) is 39.8 Å². The fourth-order valence-corrected chi connectivity index (χ4v) is 3.85. The Morgan fingerprint density at radius 3 is 2.30 bits per heavy atom. The molecule has 0 radical (unpaired) electrons. The third-order valence-electron chi connectivity index (χ3n) is 5.59. The highest BCUT2D eigenvalue weighted by Crippen LogP contribution is 2.33. The number of unbranched alkanes of at least 4 members (excludes halogenated alkanes) is 1. The fraction of sp³-hybridized carbons (Fsp3) is 0.621. The van der Waals surface area contributed by atoms with E-state index in [4.69, 9.17) is 14.2 Å². The lowest BCUT2D eigenvalue weighted by Gasteiger charge is -2.26. The molecule has 0 bridgehead atoms. The summed E-state index contributed by atoms with van der Waals surface area (Å²) in [5.74, 6) is 0.245. The molecule has 1 aromatic heterocycles. The van der Waals surface area contributed by atoms with Gasteiger partial charge in [0.05, 0.1) is 24.2 Å². The minimum absolute atomic E-state index is 0.0578. The molecule has 0 saturated carbocycles. The van der Waals surface area contributed by atoms with Crippen LogP contribution in [0, 0.1) is 5.41 Å². The predicted molar refractivity (Wildman–Crippen MR) is 146 cm³/mol. The first-order chi connectivity index (χ1) is 17.2. The number of nitrogens with one attached hydrogen (secondary N) is 1. The highest BCUT2D eigenvalue weighted by atomic mass is 16.6. The minimum Gasteiger partial charge on any atom is -0.491 e. The molecule has 206 valence electrons. The van der Waals surface area contributed by atoms with Crippen LogP contribution in [0.5, 0.6) is 5.75 Å². The summed E-state index contributed by atoms with van der Waals surface area (Å²) < 4.78 is 18.9. The molecular formula is C29H44N2O6. The molecule has 37 heavy (non-hydrogen) atoms. The van der Waals surface area contributed by atoms with Crippen molar-refractivity contribution in [3.63, 3.8) is 0 Å². The second-order valence-corrected chi connectivity index (χ2v) is 11.6. The van der Waals surface area contributed by atoms with Crippen molar-refractivity contribution in [1.82, 2.24) is 9.88 Å². The number of pyridine rings is 1. The van der Waals surface area contributed by atoms with E-state index in [1.54, 1.807) is 45.3 Å². The Morgan fingerprint density at radius 1 is 1.05 bits per heavy atom. The number of fused-ring (bicyclic) bond motifs is 1. The maximum absolute atomic E-state index is 13.8. The smallest absolute Gasteiger partial charge is 0.407 e. The van der Waals surface area contributed by atoms with E-state index < -0.39 is 17.8 Å². The van der Waals surface area contributed by atoms with Gasteiger partial charge in [0.15, 0.2) is 0 Å². The summed E-state index contributed by atoms with van der Waals surface area (Å²) >= 11 is 0. The zero-order valence-electron chi connectivity index (χ0n) is 23.9. The number of aromatic nitrogens is 1. The molecule has 0 aliphatic rings. The molecule has 1 unspecified atom stereocenters. The van der Waals surface area contributed by atoms with Gasteiger partial charge in [-0.3, -0.25) is 9.59 Å². The predicted octanol–water partition coefficient (Wildman–Crippen LogP) is 6.27. The average Bonchev–Trinajstić information content (AvgIpc) is 2.78. The van der Waals surface area contributed by atoms with Crippen LogP contribution in [0.15, 0.2) is 23.0 Å². The molecule has 0 saturated heterocycles. The van der Waals surface area contributed by atoms with Gasteiger partial charge in [-0.25, -0.2) is 4.79 Å². The molecule has 0 aliphatic carbocycles. The number of ether oxygens (including phenoxy) is 3. The Labute approximate surface area is 220 Å². The second kappa shape index (κ2) is 12.5. The monoisotopic (exact) mass is 516 g/mol. The minimum atomic E-state index is -0.653. The number of hydrogen-bond acceptors (Lipinski definition) is 6. The topological polar surface area (TPSA) is 95.9 Å². The van der Waals surface area contributed by atoms with Crippen molar-refractivity contribution in [3.8, 4) is 5.75 Å². The molecule has 0 aliphatic heterocycles. The number of esters is 1. The largest absolute Gasteiger partial charge is 0.491 e. The molecule has 8 heteroatoms. The Bertz CT molecular complexity index is 1150. The van der Waals surface area contributed by atoms with Gasteiger partial charge in [-0.2, -0.15) is 0 Å². The van der Waals surface area contributed by atoms with E-state index in [-0.39, 0.29) is 29.9 Å². The molecule has 2 rings (SSSR count). The summed E-state index contributed by atoms with van der Waals surface area (Å²) in [4.78, 5) is 38.2. The lowest BCUT2D eigenvalue weighted by atomic mass is 9.95. The van der Waals surface area contributed by atoms with E-state index in [0.717, 1.165) is 18.4 Å². The number of alkyl carbamates (subject to hydrolysis) is 1. The van der Waals surface area contributed by atoms with E-state index in [2.05, 4.69) is 33.0 Å². The molecule has 1 amide bonds. The summed E-state index contributed by atoms with van der Waals surface area (Å²) in [5.41, 5.74) is 0.304. The molecule has 1 aromatic carbocycles. The van der Waals surface area contributed by atoms with Crippen LogP contribution in [0.3, 0.4) is 0 Å². The van der Waals surface area contributed by atoms with E-state index in [1.807, 2.05) is 12.1 Å². The number of benzene rings is 1. The van der Waals surface area contributed by atoms with Gasteiger partial charge >= 0.3 is 12.1 Å². The maximum atomic E-state index is 13.8. The Hall–Kier alpha value is -3.03. The molecule has 0 fully saturated rings. The molecule has 1 N–H and O–H groups in total. The Kier molecular flexibility index (Phi) is 10.2. The summed E-state index contributed by atoms with van der Waals surface area (Å²) in [6.07, 6.45) is 1.00. The van der Waals surface area contributed by atoms with Gasteiger partial charge in [0, 0.05) is 18.4 Å². The van der Waals surface area contributed by atoms with Crippen LogP contribution in [0.25, 0.3) is 10.8 Å². The molecule has 0 spiro atoms. The lowest BCUT2D eigenvalue weighted by molar-refractivity contribution is -0.148. The van der Waals surface area contributed by atoms with E-state index in [0.29, 0.717) is 35.4 Å². The summed E-state index contributed by atoms with van der Waals surface area (Å²) in [6, 6.07) is 5.43. The number of carbonyl (C=O) groups is 2. The average molecular weight is 517 g/mol. The van der Waals surface area contributed by atoms with Crippen LogP contribution in [0.2, 0.25) is 0 Å². The van der Waals surface area contributed by atoms with Gasteiger partial charge in [-0.15, -0.1) is 0 Å². The van der Waals surface area contributed by atoms with Crippen molar-refractivity contribution in [2.45, 2.75) is 106 Å². The summed E-state index contributed by atoms with van der Waals surface area (Å²) in [5, 5.41) is 3.94. The van der Waals surface area contributed by atoms with Crippen molar-refractivity contribution >= 4 is 22.8 Å². The van der Waals surface area contributed by atoms with Gasteiger partial charge < -0.3 is 24.1 Å². The highest BCUT2D eigenvalue weighted by molar-refractivity contribution is 5.89. The Morgan fingerprint density at radius 2 is 1.73 bits per heavy atom. The first kappa shape index (κ1) is 30.2. The number of amides is 1. The van der Waals surface area contributed by atoms with Gasteiger partial charge in [-0.05, 0) is 57.2 Å². The number of carbonyl (C=O) groups excluding carboxylic acids is 2. The third-order valence-corrected chi connectivity index (χ3v) is 5.59. The SMILES string of the molecule is CCCCOc1c(CNC(=O)OC(C)(C)C)n(CC(C)(C)C)c(=O)c2ccc(C(C)OC(=O)CC)cc12. The standard InChI is InChI=1S/C29H44N2O6/c1-10-12-15-35-25-22-16-20(19(3)36-24(32)11-2)13-14-21(22)26(33)31(18-28(4,5)6)23(25)17-30-27(34)37-29(7,8)9/h13-14,16,19H,10-12,15,17-18H2,1-9H3,(H,30,34). The molecule has 1 heterocycles. The van der Waals surface area contributed by atoms with Gasteiger partial charge in [0.2, 0.25) is 0 Å². The van der Waals surface area contributed by atoms with Crippen LogP contribution >= 0.6 is 0 Å². The molecule has 8 nitrogen and oxygen atoms in total. The van der Waals surface area contributed by atoms with Crippen LogP contribution in [-0.4, -0.2) is 28.8 Å². The quantitative estimate of drug-likeness (QED) is 0.296. The van der Waals surface area contributed by atoms with Crippen molar-refractivity contribution < 1.29 is 23.8 Å². The molecule has 1 atom stereocenters. The van der Waals surface area contributed by atoms with Crippen molar-refractivity contribution in [2.24, 2.45) is 5.41 Å². The van der Waals surface area contributed by atoms with Crippen molar-refractivity contribution in [1.29, 1.82) is 0 Å². The van der Waals surface area contributed by atoms with Crippen LogP contribution in [-0.2, 0) is 27.4 Å². The first-order valence-electron chi connectivity index (χ1n) is 13.1. The normalized spacial score (nSPS) is 12.8. The number of hydrogen-bond donors (Lipinski definition) is 1. The molecule has 2 aromatic rings. The third kappa shape index (κ3) is 8.79. The van der Waals surface area contributed by atoms with Gasteiger partial charge in [0.1, 0.15) is 17.5 Å². The van der Waals surface area contributed by atoms with E-state index >= 15 is 0 Å². The van der Waals surface area contributed by atoms with Crippen molar-refractivity contribution in [2.75, 3.05) is 6.61 Å². The molecular weight excluding hydrogens is 472 g/mol. The van der Waals surface area contributed by atoms with E-state index in [9.17, 15) is 14.4 Å². The Balaban J connectivity index is 2.72. The van der Waals surface area contributed by atoms with Crippen LogP contribution in [0.1, 0.15) is 98.9 Å². The second-order valence-electron chi connectivity index (χ2n) is 11.6. The zero-order chi connectivity index (χ0) is 28.0. The fourth-order valence-electron chi connectivity index (χ4n) is 3.85. The first-order valence-corrected chi connectivity index (χ1v) is 13.1. The lowest BCUT2D eigenvalue weighted by Crippen LogP contribution is -2.36. The van der Waals surface area contributed by atoms with E-state index in [1.165, 1.54) is 0 Å². The number of nitrogens with zero attached hydrogens (tertiary/aromatic N) is 1. The summed E-state index contributed by atoms with van der Waals surface area (Å²) in [6.45, 7) is 18.1. The maximum Gasteiger partial charge on any atom is 0.407 e. The van der Waals surface area contributed by atoms with Gasteiger partial charge in [-0.1, -0.05) is 47.1 Å². The van der Waals surface area contributed by atoms with Gasteiger partial charge in [0.25, 0.3) is 5.56 Å². The highest BCUT2D eigenvalue weighted by Gasteiger charge is 2.24. The number of rotatable bonds is 10. The summed E-state index contributed by atoms with van der Waals surface area (Å²) in [7, 11) is 0. The van der Waals surface area contributed by atoms with Crippen LogP contribution in [0.4, 0.5) is 4.79 Å². The van der Waals surface area contributed by atoms with Crippen LogP contribution < -0.4 is 15.6 Å².